The number of aryl methyl sites for hydroxylation is 1. The van der Waals surface area contributed by atoms with E-state index in [1.165, 1.54) is 6.07 Å². The Kier molecular flexibility index (Phi) is 2.23. The van der Waals surface area contributed by atoms with Crippen LogP contribution in [0.4, 0.5) is 0 Å². The molecule has 2 aromatic rings. The third kappa shape index (κ3) is 1.38. The Labute approximate surface area is 102 Å². The van der Waals surface area contributed by atoms with Gasteiger partial charge in [-0.25, -0.2) is 0 Å². The summed E-state index contributed by atoms with van der Waals surface area (Å²) < 4.78 is 5.46. The molecule has 1 aliphatic rings. The third-order valence-electron chi connectivity index (χ3n) is 3.27. The van der Waals surface area contributed by atoms with Gasteiger partial charge in [-0.15, -0.1) is 0 Å². The molecule has 2 atom stereocenters. The lowest BCUT2D eigenvalue weighted by atomic mass is 10.1. The summed E-state index contributed by atoms with van der Waals surface area (Å²) in [6.45, 7) is 1.76. The Morgan fingerprint density at radius 2 is 2.00 bits per heavy atom. The van der Waals surface area contributed by atoms with Gasteiger partial charge in [-0.1, -0.05) is 0 Å². The number of rotatable bonds is 0. The SMILES string of the molecule is Cc1cc(O)c2c(=O)c3c(oc2c1)[C@@H](O)C[C@@H]3O. The van der Waals surface area contributed by atoms with Gasteiger partial charge in [0, 0.05) is 6.42 Å². The fourth-order valence-corrected chi connectivity index (χ4v) is 2.46. The average Bonchev–Trinajstić information content (AvgIpc) is 2.53. The molecule has 5 heteroatoms. The molecule has 0 aliphatic heterocycles. The molecule has 0 bridgehead atoms. The number of aliphatic hydroxyl groups is 2. The van der Waals surface area contributed by atoms with E-state index in [0.717, 1.165) is 5.56 Å². The molecule has 0 spiro atoms. The van der Waals surface area contributed by atoms with Gasteiger partial charge in [-0.2, -0.15) is 0 Å². The molecule has 1 aromatic carbocycles. The first kappa shape index (κ1) is 11.3. The van der Waals surface area contributed by atoms with Gasteiger partial charge in [-0.3, -0.25) is 4.79 Å². The van der Waals surface area contributed by atoms with Crippen molar-refractivity contribution in [2.45, 2.75) is 25.6 Å². The lowest BCUT2D eigenvalue weighted by Crippen LogP contribution is -2.12. The fourth-order valence-electron chi connectivity index (χ4n) is 2.46. The smallest absolute Gasteiger partial charge is 0.202 e. The maximum atomic E-state index is 12.2. The quantitative estimate of drug-likeness (QED) is 0.653. The number of aromatic hydroxyl groups is 1. The van der Waals surface area contributed by atoms with Crippen molar-refractivity contribution < 1.29 is 19.7 Å². The minimum Gasteiger partial charge on any atom is -0.507 e. The van der Waals surface area contributed by atoms with E-state index < -0.39 is 17.6 Å². The van der Waals surface area contributed by atoms with Crippen molar-refractivity contribution in [3.63, 3.8) is 0 Å². The summed E-state index contributed by atoms with van der Waals surface area (Å²) in [5, 5.41) is 29.3. The Balaban J connectivity index is 2.48. The predicted molar refractivity (Wildman–Crippen MR) is 63.4 cm³/mol. The van der Waals surface area contributed by atoms with Crippen LogP contribution in [-0.4, -0.2) is 15.3 Å². The van der Waals surface area contributed by atoms with E-state index in [-0.39, 0.29) is 34.5 Å². The van der Waals surface area contributed by atoms with Gasteiger partial charge in [0.25, 0.3) is 0 Å². The van der Waals surface area contributed by atoms with Crippen LogP contribution in [0.5, 0.6) is 5.75 Å². The van der Waals surface area contributed by atoms with Gasteiger partial charge in [0.2, 0.25) is 5.43 Å². The normalized spacial score (nSPS) is 22.4. The first-order valence-electron chi connectivity index (χ1n) is 5.65. The number of phenolic OH excluding ortho intramolecular Hbond substituents is 1. The fraction of sp³-hybridized carbons (Fsp3) is 0.308. The summed E-state index contributed by atoms with van der Waals surface area (Å²) in [6.07, 6.45) is -1.98. The topological polar surface area (TPSA) is 90.9 Å². The second kappa shape index (κ2) is 3.57. The van der Waals surface area contributed by atoms with Gasteiger partial charge in [-0.05, 0) is 24.6 Å². The highest BCUT2D eigenvalue weighted by Gasteiger charge is 2.34. The number of hydrogen-bond acceptors (Lipinski definition) is 5. The first-order valence-corrected chi connectivity index (χ1v) is 5.65. The van der Waals surface area contributed by atoms with Crippen LogP contribution in [0.1, 0.15) is 35.5 Å². The zero-order valence-electron chi connectivity index (χ0n) is 9.67. The Hall–Kier alpha value is -1.85. The summed E-state index contributed by atoms with van der Waals surface area (Å²) in [5.41, 5.74) is 0.544. The second-order valence-corrected chi connectivity index (χ2v) is 4.63. The number of benzene rings is 1. The number of aliphatic hydroxyl groups excluding tert-OH is 2. The summed E-state index contributed by atoms with van der Waals surface area (Å²) in [6, 6.07) is 3.08. The predicted octanol–water partition coefficient (Wildman–Crippen LogP) is 1.28. The first-order chi connectivity index (χ1) is 8.49. The van der Waals surface area contributed by atoms with E-state index in [4.69, 9.17) is 4.42 Å². The van der Waals surface area contributed by atoms with E-state index >= 15 is 0 Å². The van der Waals surface area contributed by atoms with Gasteiger partial charge in [0.15, 0.2) is 0 Å². The number of hydrogen-bond donors (Lipinski definition) is 3. The number of fused-ring (bicyclic) bond motifs is 2. The van der Waals surface area contributed by atoms with Crippen LogP contribution in [0.2, 0.25) is 0 Å². The average molecular weight is 248 g/mol. The zero-order chi connectivity index (χ0) is 13.0. The van der Waals surface area contributed by atoms with Crippen LogP contribution in [0.15, 0.2) is 21.3 Å². The standard InChI is InChI=1S/C13H12O5/c1-5-2-6(14)10-9(3-5)18-13-8(16)4-7(15)11(13)12(10)17/h2-3,7-8,14-16H,4H2,1H3/t7-,8-/m0/s1. The highest BCUT2D eigenvalue weighted by molar-refractivity contribution is 5.84. The lowest BCUT2D eigenvalue weighted by Gasteiger charge is -2.07. The molecular weight excluding hydrogens is 236 g/mol. The van der Waals surface area contributed by atoms with Crippen LogP contribution in [0.3, 0.4) is 0 Å². The van der Waals surface area contributed by atoms with Gasteiger partial charge in [0.05, 0.1) is 11.7 Å². The molecule has 1 heterocycles. The third-order valence-corrected chi connectivity index (χ3v) is 3.27. The van der Waals surface area contributed by atoms with Crippen LogP contribution >= 0.6 is 0 Å². The maximum absolute atomic E-state index is 12.2. The molecule has 1 aromatic heterocycles. The summed E-state index contributed by atoms with van der Waals surface area (Å²) in [4.78, 5) is 12.2. The van der Waals surface area contributed by atoms with Gasteiger partial charge < -0.3 is 19.7 Å². The van der Waals surface area contributed by atoms with E-state index in [0.29, 0.717) is 0 Å². The van der Waals surface area contributed by atoms with Crippen molar-refractivity contribution in [1.82, 2.24) is 0 Å². The Morgan fingerprint density at radius 1 is 1.28 bits per heavy atom. The molecule has 0 unspecified atom stereocenters. The molecular formula is C13H12O5. The molecule has 18 heavy (non-hydrogen) atoms. The zero-order valence-corrected chi connectivity index (χ0v) is 9.67. The molecule has 0 radical (unpaired) electrons. The highest BCUT2D eigenvalue weighted by Crippen LogP contribution is 2.39. The Bertz CT molecular complexity index is 701. The van der Waals surface area contributed by atoms with E-state index in [1.54, 1.807) is 13.0 Å². The summed E-state index contributed by atoms with van der Waals surface area (Å²) >= 11 is 0. The summed E-state index contributed by atoms with van der Waals surface area (Å²) in [7, 11) is 0. The van der Waals surface area contributed by atoms with Crippen molar-refractivity contribution in [3.8, 4) is 5.75 Å². The molecule has 3 rings (SSSR count). The van der Waals surface area contributed by atoms with Crippen LogP contribution < -0.4 is 5.43 Å². The van der Waals surface area contributed by atoms with Crippen molar-refractivity contribution in [1.29, 1.82) is 0 Å². The van der Waals surface area contributed by atoms with Gasteiger partial charge in [0.1, 0.15) is 28.6 Å². The van der Waals surface area contributed by atoms with Crippen molar-refractivity contribution in [3.05, 3.63) is 39.2 Å². The van der Waals surface area contributed by atoms with Crippen molar-refractivity contribution >= 4 is 11.0 Å². The minimum absolute atomic E-state index is 0.0458. The van der Waals surface area contributed by atoms with Crippen LogP contribution in [-0.2, 0) is 0 Å². The van der Waals surface area contributed by atoms with Crippen LogP contribution in [0, 0.1) is 6.92 Å². The van der Waals surface area contributed by atoms with Crippen molar-refractivity contribution in [2.24, 2.45) is 0 Å². The Morgan fingerprint density at radius 3 is 2.72 bits per heavy atom. The molecule has 0 saturated carbocycles. The van der Waals surface area contributed by atoms with Crippen molar-refractivity contribution in [2.75, 3.05) is 0 Å². The molecule has 0 saturated heterocycles. The van der Waals surface area contributed by atoms with Crippen LogP contribution in [0.25, 0.3) is 11.0 Å². The molecule has 5 nitrogen and oxygen atoms in total. The largest absolute Gasteiger partial charge is 0.507 e. The van der Waals surface area contributed by atoms with E-state index in [1.807, 2.05) is 0 Å². The van der Waals surface area contributed by atoms with Gasteiger partial charge >= 0.3 is 0 Å². The molecule has 0 fully saturated rings. The molecule has 94 valence electrons. The second-order valence-electron chi connectivity index (χ2n) is 4.63. The van der Waals surface area contributed by atoms with E-state index in [2.05, 4.69) is 0 Å². The highest BCUT2D eigenvalue weighted by atomic mass is 16.4. The van der Waals surface area contributed by atoms with E-state index in [9.17, 15) is 20.1 Å². The molecule has 3 N–H and O–H groups in total. The molecule has 0 amide bonds. The summed E-state index contributed by atoms with van der Waals surface area (Å²) in [5.74, 6) is -0.0693. The monoisotopic (exact) mass is 248 g/mol. The number of phenols is 1. The minimum atomic E-state index is -1.05. The molecule has 1 aliphatic carbocycles. The maximum Gasteiger partial charge on any atom is 0.202 e. The lowest BCUT2D eigenvalue weighted by molar-refractivity contribution is 0.0987.